The van der Waals surface area contributed by atoms with Crippen LogP contribution in [-0.2, 0) is 33.3 Å². The Morgan fingerprint density at radius 2 is 1.88 bits per heavy atom. The molecule has 0 aromatic rings. The molecule has 0 radical (unpaired) electrons. The fourth-order valence-corrected chi connectivity index (χ4v) is 5.90. The van der Waals surface area contributed by atoms with Gasteiger partial charge in [0.05, 0.1) is 23.6 Å². The van der Waals surface area contributed by atoms with Crippen molar-refractivity contribution in [1.82, 2.24) is 10.2 Å². The van der Waals surface area contributed by atoms with Gasteiger partial charge in [0.25, 0.3) is 5.91 Å². The van der Waals surface area contributed by atoms with E-state index in [1.165, 1.54) is 31.4 Å². The lowest BCUT2D eigenvalue weighted by molar-refractivity contribution is -0.182. The Hall–Kier alpha value is -3.58. The van der Waals surface area contributed by atoms with Crippen molar-refractivity contribution in [3.05, 3.63) is 58.5 Å². The largest absolute Gasteiger partial charge is 0.439 e. The number of nitrogens with two attached hydrogens (primary N) is 1. The molecule has 5 aliphatic rings. The summed E-state index contributed by atoms with van der Waals surface area (Å²) in [5, 5.41) is 13.7. The monoisotopic (exact) mass is 599 g/mol. The van der Waals surface area contributed by atoms with Crippen molar-refractivity contribution < 1.29 is 43.2 Å². The fourth-order valence-electron chi connectivity index (χ4n) is 5.90. The van der Waals surface area contributed by atoms with Gasteiger partial charge in [0.15, 0.2) is 12.4 Å². The van der Waals surface area contributed by atoms with Crippen LogP contribution in [0.2, 0.25) is 0 Å². The number of Topliss-reactive ketones (excluding diaryl/α,β-unsaturated/α-hetero) is 1. The van der Waals surface area contributed by atoms with Gasteiger partial charge in [0.1, 0.15) is 6.10 Å². The number of hydrogen-bond donors (Lipinski definition) is 3. The number of aliphatic hydroxyl groups is 1. The smallest absolute Gasteiger partial charge is 0.405 e. The number of aliphatic hydroxyl groups excluding tert-OH is 1. The Kier molecular flexibility index (Phi) is 10.4. The van der Waals surface area contributed by atoms with Crippen molar-refractivity contribution in [2.24, 2.45) is 17.6 Å². The maximum Gasteiger partial charge on any atom is 0.405 e. The van der Waals surface area contributed by atoms with Gasteiger partial charge in [-0.25, -0.2) is 4.79 Å². The number of hydrogen-bond acceptors (Lipinski definition) is 10. The minimum Gasteiger partial charge on any atom is -0.439 e. The summed E-state index contributed by atoms with van der Waals surface area (Å²) in [5.41, 5.74) is 6.53. The van der Waals surface area contributed by atoms with Gasteiger partial charge >= 0.3 is 6.09 Å². The summed E-state index contributed by atoms with van der Waals surface area (Å²) in [4.78, 5) is 53.8. The van der Waals surface area contributed by atoms with Crippen molar-refractivity contribution >= 4 is 23.6 Å². The van der Waals surface area contributed by atoms with E-state index in [0.717, 1.165) is 6.42 Å². The van der Waals surface area contributed by atoms with E-state index in [4.69, 9.17) is 24.7 Å². The number of nitrogens with zero attached hydrogens (tertiary/aromatic N) is 1. The number of ether oxygens (including phenoxy) is 4. The number of carbonyl (C=O) groups excluding carboxylic acids is 4. The minimum atomic E-state index is -1.46. The summed E-state index contributed by atoms with van der Waals surface area (Å²) in [6, 6.07) is 0. The molecule has 4 N–H and O–H groups in total. The molecule has 2 unspecified atom stereocenters. The van der Waals surface area contributed by atoms with Gasteiger partial charge in [-0.3, -0.25) is 14.4 Å². The van der Waals surface area contributed by atoms with Gasteiger partial charge in [-0.1, -0.05) is 38.2 Å². The zero-order valence-electron chi connectivity index (χ0n) is 25.2. The second kappa shape index (κ2) is 13.8. The van der Waals surface area contributed by atoms with Crippen molar-refractivity contribution in [3.63, 3.8) is 0 Å². The maximum absolute atomic E-state index is 13.7. The summed E-state index contributed by atoms with van der Waals surface area (Å²) in [5.74, 6) is -1.70. The van der Waals surface area contributed by atoms with Crippen LogP contribution in [0.5, 0.6) is 0 Å². The highest BCUT2D eigenvalue weighted by Gasteiger charge is 2.41. The van der Waals surface area contributed by atoms with Crippen LogP contribution in [0.15, 0.2) is 58.5 Å². The number of carbonyl (C=O) groups is 4. The summed E-state index contributed by atoms with van der Waals surface area (Å²) >= 11 is 0. The molecular formula is C31H41N3O9. The van der Waals surface area contributed by atoms with E-state index in [2.05, 4.69) is 5.32 Å². The topological polar surface area (TPSA) is 167 Å². The fraction of sp³-hybridized carbons (Fsp3) is 0.548. The third-order valence-corrected chi connectivity index (χ3v) is 8.28. The number of methoxy groups -OCH3 is 2. The number of nitrogens with one attached hydrogen (secondary N) is 1. The molecule has 0 aromatic carbocycles. The predicted molar refractivity (Wildman–Crippen MR) is 155 cm³/mol. The molecule has 1 fully saturated rings. The summed E-state index contributed by atoms with van der Waals surface area (Å²) in [7, 11) is 2.94. The van der Waals surface area contributed by atoms with Crippen LogP contribution in [0.25, 0.3) is 0 Å². The molecule has 43 heavy (non-hydrogen) atoms. The summed E-state index contributed by atoms with van der Waals surface area (Å²) in [6.07, 6.45) is 3.53. The second-order valence-corrected chi connectivity index (χ2v) is 11.5. The van der Waals surface area contributed by atoms with Gasteiger partial charge in [-0.2, -0.15) is 0 Å². The van der Waals surface area contributed by atoms with Crippen molar-refractivity contribution in [1.29, 1.82) is 0 Å². The van der Waals surface area contributed by atoms with Crippen LogP contribution in [0, 0.1) is 11.8 Å². The first-order valence-corrected chi connectivity index (χ1v) is 14.5. The second-order valence-electron chi connectivity index (χ2n) is 11.5. The number of rotatable bonds is 4. The molecule has 0 saturated carbocycles. The Morgan fingerprint density at radius 3 is 2.49 bits per heavy atom. The average Bonchev–Trinajstić information content (AvgIpc) is 2.92. The molecule has 1 aliphatic carbocycles. The number of allylic oxidation sites excluding steroid dienone is 4. The van der Waals surface area contributed by atoms with E-state index in [-0.39, 0.29) is 40.9 Å². The van der Waals surface area contributed by atoms with Gasteiger partial charge in [0, 0.05) is 56.0 Å². The van der Waals surface area contributed by atoms with Crippen LogP contribution in [-0.4, -0.2) is 91.6 Å². The number of ketones is 2. The van der Waals surface area contributed by atoms with Crippen molar-refractivity contribution in [3.8, 4) is 0 Å². The number of amides is 2. The van der Waals surface area contributed by atoms with Crippen LogP contribution in [0.4, 0.5) is 4.79 Å². The lowest BCUT2D eigenvalue weighted by Gasteiger charge is -2.40. The molecule has 4 aliphatic heterocycles. The molecule has 12 nitrogen and oxygen atoms in total. The van der Waals surface area contributed by atoms with Gasteiger partial charge < -0.3 is 40.0 Å². The Labute approximate surface area is 251 Å². The van der Waals surface area contributed by atoms with Crippen LogP contribution >= 0.6 is 0 Å². The highest BCUT2D eigenvalue weighted by atomic mass is 16.6. The zero-order valence-corrected chi connectivity index (χ0v) is 25.2. The minimum absolute atomic E-state index is 0.0752. The first-order chi connectivity index (χ1) is 20.4. The quantitative estimate of drug-likeness (QED) is 0.320. The molecule has 2 amide bonds. The van der Waals surface area contributed by atoms with Crippen LogP contribution in [0.1, 0.15) is 40.0 Å². The van der Waals surface area contributed by atoms with E-state index in [0.29, 0.717) is 30.8 Å². The Morgan fingerprint density at radius 1 is 1.16 bits per heavy atom. The van der Waals surface area contributed by atoms with E-state index in [1.54, 1.807) is 20.1 Å². The number of fused-ring (bicyclic) bond motifs is 10. The molecule has 0 spiro atoms. The number of likely N-dealkylation sites (tertiary alicyclic amines) is 1. The molecule has 4 heterocycles. The lowest BCUT2D eigenvalue weighted by atomic mass is 9.83. The van der Waals surface area contributed by atoms with E-state index in [1.807, 2.05) is 18.7 Å². The molecule has 4 bridgehead atoms. The maximum atomic E-state index is 13.7. The SMILES string of the molecule is CO[C@H]1/C=C\C=C(/C)C(=O)NC2=CC(=O)C(N3CCC3)=C(C[C@@H](C)C[C@H](OC)[C@H]3OC(O)C(=CC3C)[C@@H]1OC(N)=O)C2=O. The highest BCUT2D eigenvalue weighted by Crippen LogP contribution is 2.35. The summed E-state index contributed by atoms with van der Waals surface area (Å²) in [6.45, 7) is 6.75. The third kappa shape index (κ3) is 7.15. The van der Waals surface area contributed by atoms with Crippen LogP contribution in [0.3, 0.4) is 0 Å². The molecule has 5 rings (SSSR count). The standard InChI is InChI=1S/C31H41N3O9/c1-16-12-19-25(34-10-7-11-34)22(35)15-21(26(19)36)33-29(37)17(2)8-6-9-23(40-4)28(43-31(32)39)20-14-18(3)27(42-30(20)38)24(13-16)41-5/h6,8-9,14-16,18,23-24,27-28,30,38H,7,10-13H2,1-5H3,(H2,32,39)(H,33,37)/b9-6-,17-8+/t16-,18?,23+,24+,27+,28+,30?/m1/s1. The third-order valence-electron chi connectivity index (χ3n) is 8.28. The van der Waals surface area contributed by atoms with E-state index in [9.17, 15) is 24.3 Å². The van der Waals surface area contributed by atoms with Crippen LogP contribution < -0.4 is 11.1 Å². The molecule has 0 aromatic heterocycles. The van der Waals surface area contributed by atoms with Gasteiger partial charge in [-0.05, 0) is 32.1 Å². The van der Waals surface area contributed by atoms with E-state index < -0.39 is 48.5 Å². The molecule has 12 heteroatoms. The Balaban J connectivity index is 1.77. The number of primary amides is 1. The summed E-state index contributed by atoms with van der Waals surface area (Å²) < 4.78 is 22.8. The average molecular weight is 600 g/mol. The lowest BCUT2D eigenvalue weighted by Crippen LogP contribution is -2.47. The van der Waals surface area contributed by atoms with Crippen molar-refractivity contribution in [2.45, 2.75) is 70.7 Å². The normalized spacial score (nSPS) is 34.5. The molecule has 1 saturated heterocycles. The molecule has 234 valence electrons. The molecular weight excluding hydrogens is 558 g/mol. The van der Waals surface area contributed by atoms with Crippen molar-refractivity contribution in [2.75, 3.05) is 27.3 Å². The van der Waals surface area contributed by atoms with E-state index >= 15 is 0 Å². The first-order valence-electron chi connectivity index (χ1n) is 14.5. The van der Waals surface area contributed by atoms with Gasteiger partial charge in [0.2, 0.25) is 11.6 Å². The zero-order chi connectivity index (χ0) is 31.4. The predicted octanol–water partition coefficient (Wildman–Crippen LogP) is 1.80. The Bertz CT molecular complexity index is 1290. The van der Waals surface area contributed by atoms with Gasteiger partial charge in [-0.15, -0.1) is 0 Å². The highest BCUT2D eigenvalue weighted by molar-refractivity contribution is 6.23. The first kappa shape index (κ1) is 32.3. The molecule has 7 atom stereocenters.